The fourth-order valence-corrected chi connectivity index (χ4v) is 1.79. The first-order chi connectivity index (χ1) is 10.3. The molecule has 0 saturated heterocycles. The number of benzene rings is 1. The van der Waals surface area contributed by atoms with Gasteiger partial charge in [0.15, 0.2) is 0 Å². The summed E-state index contributed by atoms with van der Waals surface area (Å²) in [5, 5.41) is 10.7. The van der Waals surface area contributed by atoms with Gasteiger partial charge in [0.25, 0.3) is 5.91 Å². The summed E-state index contributed by atoms with van der Waals surface area (Å²) in [7, 11) is 1.07. The van der Waals surface area contributed by atoms with E-state index in [2.05, 4.69) is 10.1 Å². The molecule has 0 radical (unpaired) electrons. The number of carbonyl (C=O) groups is 2. The largest absolute Gasteiger partial charge is 0.467 e. The fraction of sp³-hybridized carbons (Fsp3) is 0.357. The van der Waals surface area contributed by atoms with Crippen LogP contribution in [0.2, 0.25) is 0 Å². The lowest BCUT2D eigenvalue weighted by atomic mass is 9.98. The van der Waals surface area contributed by atoms with E-state index in [-0.39, 0.29) is 6.42 Å². The Morgan fingerprint density at radius 3 is 2.32 bits per heavy atom. The highest BCUT2D eigenvalue weighted by Gasteiger charge is 2.30. The molecule has 1 amide bonds. The molecule has 0 spiro atoms. The quantitative estimate of drug-likeness (QED) is 0.842. The van der Waals surface area contributed by atoms with Crippen molar-refractivity contribution < 1.29 is 27.5 Å². The van der Waals surface area contributed by atoms with Gasteiger partial charge < -0.3 is 10.1 Å². The highest BCUT2D eigenvalue weighted by Crippen LogP contribution is 2.16. The number of carbonyl (C=O) groups excluding carboxylic acids is 2. The van der Waals surface area contributed by atoms with Gasteiger partial charge in [-0.2, -0.15) is 5.26 Å². The molecule has 0 fully saturated rings. The van der Waals surface area contributed by atoms with E-state index >= 15 is 0 Å². The normalized spacial score (nSPS) is 12.9. The molecule has 118 valence electrons. The van der Waals surface area contributed by atoms with Crippen LogP contribution >= 0.6 is 0 Å². The molecular weight excluding hydrogens is 301 g/mol. The Labute approximate surface area is 124 Å². The average Bonchev–Trinajstić information content (AvgIpc) is 2.43. The van der Waals surface area contributed by atoms with Crippen LogP contribution in [0.3, 0.4) is 0 Å². The molecule has 22 heavy (non-hydrogen) atoms. The first-order valence-corrected chi connectivity index (χ1v) is 6.22. The minimum absolute atomic E-state index is 0.0889. The van der Waals surface area contributed by atoms with E-state index in [1.165, 1.54) is 6.92 Å². The van der Waals surface area contributed by atoms with Crippen molar-refractivity contribution in [3.05, 3.63) is 35.1 Å². The standard InChI is InChI=1S/C14H13F3N2O3/c1-7(3-4-18)12(14(21)22-2)19-13(20)11-9(16)5-8(15)6-10(11)17/h5-7,12H,3H2,1-2H3,(H,19,20)/t7-,12+/m1/s1. The molecule has 1 rings (SSSR count). The first-order valence-electron chi connectivity index (χ1n) is 6.22. The van der Waals surface area contributed by atoms with Gasteiger partial charge in [0.05, 0.1) is 13.2 Å². The number of nitriles is 1. The van der Waals surface area contributed by atoms with E-state index < -0.39 is 46.9 Å². The van der Waals surface area contributed by atoms with Crippen molar-refractivity contribution in [2.24, 2.45) is 5.92 Å². The van der Waals surface area contributed by atoms with Gasteiger partial charge in [0.1, 0.15) is 29.1 Å². The molecule has 0 heterocycles. The third kappa shape index (κ3) is 3.97. The van der Waals surface area contributed by atoms with Crippen LogP contribution in [0.4, 0.5) is 13.2 Å². The summed E-state index contributed by atoms with van der Waals surface area (Å²) in [6.07, 6.45) is -0.0889. The second kappa shape index (κ2) is 7.45. The summed E-state index contributed by atoms with van der Waals surface area (Å²) in [4.78, 5) is 23.6. The number of halogens is 3. The lowest BCUT2D eigenvalue weighted by molar-refractivity contribution is -0.144. The van der Waals surface area contributed by atoms with E-state index in [1.807, 2.05) is 6.07 Å². The number of nitrogens with zero attached hydrogens (tertiary/aromatic N) is 1. The summed E-state index contributed by atoms with van der Waals surface area (Å²) in [6, 6.07) is 1.25. The van der Waals surface area contributed by atoms with Crippen molar-refractivity contribution in [3.63, 3.8) is 0 Å². The lowest BCUT2D eigenvalue weighted by Crippen LogP contribution is -2.46. The van der Waals surface area contributed by atoms with Crippen molar-refractivity contribution in [1.82, 2.24) is 5.32 Å². The van der Waals surface area contributed by atoms with Crippen LogP contribution in [0.25, 0.3) is 0 Å². The van der Waals surface area contributed by atoms with Crippen molar-refractivity contribution in [1.29, 1.82) is 5.26 Å². The van der Waals surface area contributed by atoms with Gasteiger partial charge in [-0.15, -0.1) is 0 Å². The van der Waals surface area contributed by atoms with E-state index in [4.69, 9.17) is 5.26 Å². The predicted molar refractivity (Wildman–Crippen MR) is 69.0 cm³/mol. The van der Waals surface area contributed by atoms with Crippen LogP contribution in [0.15, 0.2) is 12.1 Å². The molecule has 1 aromatic rings. The lowest BCUT2D eigenvalue weighted by Gasteiger charge is -2.21. The van der Waals surface area contributed by atoms with Crippen LogP contribution in [0.5, 0.6) is 0 Å². The second-order valence-corrected chi connectivity index (χ2v) is 4.56. The number of esters is 1. The molecule has 0 unspecified atom stereocenters. The number of hydrogen-bond acceptors (Lipinski definition) is 4. The molecule has 8 heteroatoms. The number of methoxy groups -OCH3 is 1. The Balaban J connectivity index is 3.07. The maximum atomic E-state index is 13.5. The highest BCUT2D eigenvalue weighted by molar-refractivity contribution is 5.97. The number of nitrogens with one attached hydrogen (secondary N) is 1. The second-order valence-electron chi connectivity index (χ2n) is 4.56. The van der Waals surface area contributed by atoms with Crippen molar-refractivity contribution in [3.8, 4) is 6.07 Å². The molecule has 0 aliphatic carbocycles. The van der Waals surface area contributed by atoms with Crippen LogP contribution in [0, 0.1) is 34.7 Å². The summed E-state index contributed by atoms with van der Waals surface area (Å²) in [5.74, 6) is -6.71. The molecule has 0 aliphatic heterocycles. The molecule has 0 aliphatic rings. The first kappa shape index (κ1) is 17.5. The predicted octanol–water partition coefficient (Wildman–Crippen LogP) is 1.93. The minimum Gasteiger partial charge on any atom is -0.467 e. The molecule has 0 aromatic heterocycles. The Morgan fingerprint density at radius 2 is 1.86 bits per heavy atom. The molecule has 0 bridgehead atoms. The number of rotatable bonds is 5. The third-order valence-corrected chi connectivity index (χ3v) is 2.96. The van der Waals surface area contributed by atoms with E-state index in [1.54, 1.807) is 0 Å². The van der Waals surface area contributed by atoms with Gasteiger partial charge >= 0.3 is 5.97 Å². The SMILES string of the molecule is COC(=O)[C@@H](NC(=O)c1c(F)cc(F)cc1F)[C@H](C)CC#N. The number of ether oxygens (including phenoxy) is 1. The zero-order valence-corrected chi connectivity index (χ0v) is 11.8. The summed E-state index contributed by atoms with van der Waals surface area (Å²) in [5.41, 5.74) is -1.01. The van der Waals surface area contributed by atoms with Gasteiger partial charge in [-0.25, -0.2) is 18.0 Å². The van der Waals surface area contributed by atoms with E-state index in [0.29, 0.717) is 12.1 Å². The Kier molecular flexibility index (Phi) is 5.92. The molecule has 2 atom stereocenters. The van der Waals surface area contributed by atoms with E-state index in [9.17, 15) is 22.8 Å². The molecule has 0 saturated carbocycles. The Bertz CT molecular complexity index is 605. The van der Waals surface area contributed by atoms with E-state index in [0.717, 1.165) is 7.11 Å². The van der Waals surface area contributed by atoms with Crippen molar-refractivity contribution in [2.75, 3.05) is 7.11 Å². The van der Waals surface area contributed by atoms with Crippen molar-refractivity contribution in [2.45, 2.75) is 19.4 Å². The van der Waals surface area contributed by atoms with Gasteiger partial charge in [0, 0.05) is 24.5 Å². The summed E-state index contributed by atoms with van der Waals surface area (Å²) in [6.45, 7) is 1.49. The number of amides is 1. The Morgan fingerprint density at radius 1 is 1.32 bits per heavy atom. The monoisotopic (exact) mass is 314 g/mol. The van der Waals surface area contributed by atoms with Crippen LogP contribution < -0.4 is 5.32 Å². The number of hydrogen-bond donors (Lipinski definition) is 1. The maximum absolute atomic E-state index is 13.5. The zero-order valence-electron chi connectivity index (χ0n) is 11.8. The van der Waals surface area contributed by atoms with Gasteiger partial charge in [0.2, 0.25) is 0 Å². The van der Waals surface area contributed by atoms with Crippen molar-refractivity contribution >= 4 is 11.9 Å². The third-order valence-electron chi connectivity index (χ3n) is 2.96. The fourth-order valence-electron chi connectivity index (χ4n) is 1.79. The Hall–Kier alpha value is -2.56. The van der Waals surface area contributed by atoms with Crippen LogP contribution in [-0.4, -0.2) is 25.0 Å². The minimum atomic E-state index is -1.40. The van der Waals surface area contributed by atoms with Gasteiger partial charge in [-0.1, -0.05) is 6.92 Å². The molecule has 5 nitrogen and oxygen atoms in total. The maximum Gasteiger partial charge on any atom is 0.328 e. The van der Waals surface area contributed by atoms with Gasteiger partial charge in [-0.3, -0.25) is 4.79 Å². The molecular formula is C14H13F3N2O3. The highest BCUT2D eigenvalue weighted by atomic mass is 19.1. The topological polar surface area (TPSA) is 79.2 Å². The van der Waals surface area contributed by atoms with Crippen LogP contribution in [0.1, 0.15) is 23.7 Å². The average molecular weight is 314 g/mol. The zero-order chi connectivity index (χ0) is 16.9. The smallest absolute Gasteiger partial charge is 0.328 e. The van der Waals surface area contributed by atoms with Crippen LogP contribution in [-0.2, 0) is 9.53 Å². The van der Waals surface area contributed by atoms with Gasteiger partial charge in [-0.05, 0) is 0 Å². The summed E-state index contributed by atoms with van der Waals surface area (Å²) >= 11 is 0. The molecule has 1 aromatic carbocycles. The summed E-state index contributed by atoms with van der Waals surface area (Å²) < 4.78 is 44.4. The molecule has 1 N–H and O–H groups in total.